The average Bonchev–Trinajstić information content (AvgIpc) is 3.44. The fourth-order valence-corrected chi connectivity index (χ4v) is 4.96. The predicted octanol–water partition coefficient (Wildman–Crippen LogP) is 5.38. The number of aliphatic carboxylic acids is 1. The molecule has 2 fully saturated rings. The second-order valence-electron chi connectivity index (χ2n) is 10.0. The lowest BCUT2D eigenvalue weighted by molar-refractivity contribution is -0.137. The number of anilines is 1. The number of hydrogen-bond acceptors (Lipinski definition) is 5. The van der Waals surface area contributed by atoms with E-state index < -0.39 is 11.9 Å². The standard InChI is InChI=1S/C25H33N3O4/c1-14(2)8-16-9-19(10-16)25-23(17-5-6-17)24(28-32-25)18(12-22(30)31)11-21(29)27-20-7-4-15(3)26-13-20/h4,7,13-14,16-19H,5-6,8-12H2,1-3H3,(H,27,29)(H,30,31)/t16?,18-,19?/m1/s1. The van der Waals surface area contributed by atoms with Crippen molar-refractivity contribution >= 4 is 17.6 Å². The Balaban J connectivity index is 1.50. The fourth-order valence-electron chi connectivity index (χ4n) is 4.96. The molecule has 0 saturated heterocycles. The van der Waals surface area contributed by atoms with Gasteiger partial charge in [0.25, 0.3) is 0 Å². The third kappa shape index (κ3) is 5.37. The van der Waals surface area contributed by atoms with E-state index in [1.54, 1.807) is 12.3 Å². The molecular formula is C25H33N3O4. The van der Waals surface area contributed by atoms with Crippen LogP contribution in [0, 0.1) is 18.8 Å². The summed E-state index contributed by atoms with van der Waals surface area (Å²) < 4.78 is 5.85. The number of carboxylic acids is 1. The van der Waals surface area contributed by atoms with Crippen LogP contribution in [-0.4, -0.2) is 27.1 Å². The van der Waals surface area contributed by atoms with Crippen molar-refractivity contribution in [3.8, 4) is 0 Å². The van der Waals surface area contributed by atoms with Crippen LogP contribution >= 0.6 is 0 Å². The molecule has 7 heteroatoms. The summed E-state index contributed by atoms with van der Waals surface area (Å²) in [6.07, 6.45) is 7.10. The predicted molar refractivity (Wildman–Crippen MR) is 121 cm³/mol. The molecular weight excluding hydrogens is 406 g/mol. The molecule has 2 aliphatic rings. The Labute approximate surface area is 189 Å². The first kappa shape index (κ1) is 22.5. The van der Waals surface area contributed by atoms with Crippen LogP contribution in [0.2, 0.25) is 0 Å². The highest BCUT2D eigenvalue weighted by molar-refractivity contribution is 5.91. The summed E-state index contributed by atoms with van der Waals surface area (Å²) in [6.45, 7) is 6.39. The molecule has 32 heavy (non-hydrogen) atoms. The van der Waals surface area contributed by atoms with E-state index in [4.69, 9.17) is 4.52 Å². The van der Waals surface area contributed by atoms with Crippen molar-refractivity contribution in [1.82, 2.24) is 10.1 Å². The van der Waals surface area contributed by atoms with Crippen LogP contribution in [-0.2, 0) is 9.59 Å². The number of rotatable bonds is 10. The van der Waals surface area contributed by atoms with E-state index in [1.165, 1.54) is 6.42 Å². The van der Waals surface area contributed by atoms with Crippen LogP contribution in [0.3, 0.4) is 0 Å². The number of nitrogens with one attached hydrogen (secondary N) is 1. The first-order chi connectivity index (χ1) is 15.3. The number of carbonyl (C=O) groups is 2. The summed E-state index contributed by atoms with van der Waals surface area (Å²) >= 11 is 0. The minimum Gasteiger partial charge on any atom is -0.481 e. The fraction of sp³-hybridized carbons (Fsp3) is 0.600. The maximum Gasteiger partial charge on any atom is 0.304 e. The zero-order valence-electron chi connectivity index (χ0n) is 19.1. The van der Waals surface area contributed by atoms with Gasteiger partial charge in [0.1, 0.15) is 5.76 Å². The molecule has 0 aliphatic heterocycles. The van der Waals surface area contributed by atoms with Crippen LogP contribution in [0.5, 0.6) is 0 Å². The van der Waals surface area contributed by atoms with E-state index in [-0.39, 0.29) is 18.7 Å². The van der Waals surface area contributed by atoms with Crippen molar-refractivity contribution in [1.29, 1.82) is 0 Å². The Morgan fingerprint density at radius 2 is 1.94 bits per heavy atom. The highest BCUT2D eigenvalue weighted by atomic mass is 16.5. The van der Waals surface area contributed by atoms with Gasteiger partial charge in [-0.05, 0) is 68.9 Å². The average molecular weight is 440 g/mol. The summed E-state index contributed by atoms with van der Waals surface area (Å²) in [5, 5.41) is 16.7. The van der Waals surface area contributed by atoms with Gasteiger partial charge < -0.3 is 14.9 Å². The van der Waals surface area contributed by atoms with E-state index in [1.807, 2.05) is 13.0 Å². The maximum atomic E-state index is 12.7. The molecule has 0 radical (unpaired) electrons. The molecule has 0 spiro atoms. The van der Waals surface area contributed by atoms with Crippen molar-refractivity contribution in [2.24, 2.45) is 11.8 Å². The number of amides is 1. The summed E-state index contributed by atoms with van der Waals surface area (Å²) in [4.78, 5) is 28.5. The van der Waals surface area contributed by atoms with Crippen molar-refractivity contribution in [3.63, 3.8) is 0 Å². The monoisotopic (exact) mass is 439 g/mol. The molecule has 2 aromatic rings. The number of aromatic nitrogens is 2. The van der Waals surface area contributed by atoms with Gasteiger partial charge in [-0.25, -0.2) is 0 Å². The number of pyridine rings is 1. The third-order valence-corrected chi connectivity index (χ3v) is 6.62. The quantitative estimate of drug-likeness (QED) is 0.515. The molecule has 172 valence electrons. The van der Waals surface area contributed by atoms with Gasteiger partial charge in [0, 0.05) is 29.5 Å². The van der Waals surface area contributed by atoms with Gasteiger partial charge in [-0.2, -0.15) is 0 Å². The van der Waals surface area contributed by atoms with Crippen LogP contribution in [0.15, 0.2) is 22.9 Å². The summed E-state index contributed by atoms with van der Waals surface area (Å²) in [5.41, 5.74) is 3.23. The van der Waals surface area contributed by atoms with Crippen molar-refractivity contribution < 1.29 is 19.2 Å². The minimum atomic E-state index is -0.938. The molecule has 2 saturated carbocycles. The zero-order valence-corrected chi connectivity index (χ0v) is 19.1. The number of carbonyl (C=O) groups excluding carboxylic acids is 1. The molecule has 2 heterocycles. The van der Waals surface area contributed by atoms with Gasteiger partial charge >= 0.3 is 5.97 Å². The van der Waals surface area contributed by atoms with E-state index in [9.17, 15) is 14.7 Å². The van der Waals surface area contributed by atoms with Crippen LogP contribution in [0.25, 0.3) is 0 Å². The Kier molecular flexibility index (Phi) is 6.63. The SMILES string of the molecule is Cc1ccc(NC(=O)C[C@H](CC(=O)O)c2noc(C3CC(CC(C)C)C3)c2C2CC2)cn1. The molecule has 2 aliphatic carbocycles. The second kappa shape index (κ2) is 9.43. The van der Waals surface area contributed by atoms with Crippen LogP contribution in [0.4, 0.5) is 5.69 Å². The lowest BCUT2D eigenvalue weighted by atomic mass is 9.69. The number of hydrogen-bond donors (Lipinski definition) is 2. The highest BCUT2D eigenvalue weighted by Crippen LogP contribution is 2.52. The topological polar surface area (TPSA) is 105 Å². The lowest BCUT2D eigenvalue weighted by Crippen LogP contribution is -2.24. The molecule has 0 bridgehead atoms. The number of aryl methyl sites for hydroxylation is 1. The highest BCUT2D eigenvalue weighted by Gasteiger charge is 2.42. The Morgan fingerprint density at radius 1 is 1.19 bits per heavy atom. The molecule has 2 N–H and O–H groups in total. The van der Waals surface area contributed by atoms with Crippen LogP contribution < -0.4 is 5.32 Å². The molecule has 0 unspecified atom stereocenters. The molecule has 4 rings (SSSR count). The van der Waals surface area contributed by atoms with Crippen molar-refractivity contribution in [2.75, 3.05) is 5.32 Å². The first-order valence-electron chi connectivity index (χ1n) is 11.7. The Hall–Kier alpha value is -2.70. The maximum absolute atomic E-state index is 12.7. The van der Waals surface area contributed by atoms with E-state index >= 15 is 0 Å². The minimum absolute atomic E-state index is 0.0481. The van der Waals surface area contributed by atoms with Gasteiger partial charge in [-0.15, -0.1) is 0 Å². The second-order valence-corrected chi connectivity index (χ2v) is 10.0. The number of carboxylic acid groups (broad SMARTS) is 1. The van der Waals surface area contributed by atoms with Gasteiger partial charge in [0.15, 0.2) is 0 Å². The smallest absolute Gasteiger partial charge is 0.304 e. The summed E-state index contributed by atoms with van der Waals surface area (Å²) in [5.74, 6) is 1.43. The van der Waals surface area contributed by atoms with Gasteiger partial charge in [-0.3, -0.25) is 14.6 Å². The number of nitrogens with zero attached hydrogens (tertiary/aromatic N) is 2. The molecule has 0 aromatic carbocycles. The molecule has 1 amide bonds. The Bertz CT molecular complexity index is 956. The van der Waals surface area contributed by atoms with E-state index in [0.717, 1.165) is 48.6 Å². The molecule has 2 aromatic heterocycles. The largest absolute Gasteiger partial charge is 0.481 e. The van der Waals surface area contributed by atoms with Crippen LogP contribution in [0.1, 0.15) is 99.3 Å². The summed E-state index contributed by atoms with van der Waals surface area (Å²) in [7, 11) is 0. The molecule has 7 nitrogen and oxygen atoms in total. The normalized spacial score (nSPS) is 21.2. The zero-order chi connectivity index (χ0) is 22.8. The third-order valence-electron chi connectivity index (χ3n) is 6.62. The van der Waals surface area contributed by atoms with E-state index in [0.29, 0.717) is 29.1 Å². The van der Waals surface area contributed by atoms with Gasteiger partial charge in [0.05, 0.1) is 24.0 Å². The summed E-state index contributed by atoms with van der Waals surface area (Å²) in [6, 6.07) is 3.62. The first-order valence-corrected chi connectivity index (χ1v) is 11.7. The van der Waals surface area contributed by atoms with E-state index in [2.05, 4.69) is 29.3 Å². The van der Waals surface area contributed by atoms with Crippen molar-refractivity contribution in [3.05, 3.63) is 41.0 Å². The molecule has 1 atom stereocenters. The van der Waals surface area contributed by atoms with Gasteiger partial charge in [-0.1, -0.05) is 19.0 Å². The lowest BCUT2D eigenvalue weighted by Gasteiger charge is -2.35. The van der Waals surface area contributed by atoms with Gasteiger partial charge in [0.2, 0.25) is 5.91 Å². The van der Waals surface area contributed by atoms with Crippen molar-refractivity contribution in [2.45, 2.75) is 83.5 Å². The Morgan fingerprint density at radius 3 is 2.53 bits per heavy atom.